The van der Waals surface area contributed by atoms with Crippen molar-refractivity contribution >= 4 is 33.3 Å². The minimum absolute atomic E-state index is 0.166. The van der Waals surface area contributed by atoms with Crippen LogP contribution in [0.1, 0.15) is 33.5 Å². The molecular weight excluding hydrogens is 442 g/mol. The summed E-state index contributed by atoms with van der Waals surface area (Å²) in [5, 5.41) is 11.9. The number of aliphatic hydroxyl groups is 1. The normalized spacial score (nSPS) is 22.7. The fraction of sp³-hybridized carbons (Fsp3) is 0.200. The van der Waals surface area contributed by atoms with E-state index in [-0.39, 0.29) is 5.78 Å². The Labute approximate surface area is 183 Å². The molecule has 4 nitrogen and oxygen atoms in total. The molecule has 0 saturated heterocycles. The van der Waals surface area contributed by atoms with E-state index in [1.807, 2.05) is 60.7 Å². The van der Waals surface area contributed by atoms with E-state index in [0.29, 0.717) is 36.2 Å². The highest BCUT2D eigenvalue weighted by Gasteiger charge is 2.57. The molecule has 0 bridgehead atoms. The largest absolute Gasteiger partial charge is 0.375 e. The maximum Gasteiger partial charge on any atom is 0.264 e. The Morgan fingerprint density at radius 1 is 1.00 bits per heavy atom. The van der Waals surface area contributed by atoms with E-state index in [0.717, 1.165) is 15.6 Å². The number of nitrogens with zero attached hydrogens (tertiary/aromatic N) is 1. The zero-order valence-electron chi connectivity index (χ0n) is 16.2. The maximum atomic E-state index is 13.7. The summed E-state index contributed by atoms with van der Waals surface area (Å²) >= 11 is 3.46. The second kappa shape index (κ2) is 7.18. The molecule has 0 aromatic heterocycles. The first kappa shape index (κ1) is 19.2. The van der Waals surface area contributed by atoms with E-state index >= 15 is 0 Å². The van der Waals surface area contributed by atoms with Gasteiger partial charge in [0.15, 0.2) is 11.4 Å². The molecule has 3 aromatic rings. The molecule has 0 spiro atoms. The summed E-state index contributed by atoms with van der Waals surface area (Å²) in [6.45, 7) is 0.341. The van der Waals surface area contributed by atoms with Gasteiger partial charge in [-0.1, -0.05) is 70.5 Å². The van der Waals surface area contributed by atoms with Crippen molar-refractivity contribution in [2.45, 2.75) is 25.0 Å². The Hall–Kier alpha value is -2.76. The molecule has 3 aromatic carbocycles. The highest BCUT2D eigenvalue weighted by Crippen LogP contribution is 2.49. The number of ketones is 1. The fourth-order valence-electron chi connectivity index (χ4n) is 4.73. The van der Waals surface area contributed by atoms with Crippen molar-refractivity contribution in [2.24, 2.45) is 5.92 Å². The third-order valence-electron chi connectivity index (χ3n) is 6.22. The number of fused-ring (bicyclic) bond motifs is 2. The molecule has 5 rings (SSSR count). The van der Waals surface area contributed by atoms with Crippen molar-refractivity contribution in [3.63, 3.8) is 0 Å². The Bertz CT molecular complexity index is 1160. The van der Waals surface area contributed by atoms with Gasteiger partial charge >= 0.3 is 0 Å². The van der Waals surface area contributed by atoms with E-state index in [2.05, 4.69) is 15.9 Å². The molecule has 5 heteroatoms. The second-order valence-electron chi connectivity index (χ2n) is 7.92. The molecular formula is C25H20BrNO3. The Morgan fingerprint density at radius 3 is 2.53 bits per heavy atom. The van der Waals surface area contributed by atoms with Crippen molar-refractivity contribution in [2.75, 3.05) is 4.90 Å². The monoisotopic (exact) mass is 461 g/mol. The van der Waals surface area contributed by atoms with Gasteiger partial charge in [-0.2, -0.15) is 0 Å². The van der Waals surface area contributed by atoms with E-state index in [1.165, 1.54) is 0 Å². The first-order chi connectivity index (χ1) is 14.5. The predicted octanol–water partition coefficient (Wildman–Crippen LogP) is 4.63. The average molecular weight is 462 g/mol. The second-order valence-corrected chi connectivity index (χ2v) is 8.83. The number of benzene rings is 3. The summed E-state index contributed by atoms with van der Waals surface area (Å²) in [4.78, 5) is 28.6. The van der Waals surface area contributed by atoms with Crippen LogP contribution in [0.2, 0.25) is 0 Å². The first-order valence-corrected chi connectivity index (χ1v) is 10.8. The predicted molar refractivity (Wildman–Crippen MR) is 118 cm³/mol. The zero-order chi connectivity index (χ0) is 20.9. The minimum atomic E-state index is -1.88. The molecule has 0 fully saturated rings. The highest BCUT2D eigenvalue weighted by atomic mass is 79.9. The first-order valence-electron chi connectivity index (χ1n) is 10.0. The molecule has 1 aliphatic carbocycles. The van der Waals surface area contributed by atoms with Gasteiger partial charge in [-0.25, -0.2) is 0 Å². The number of carbonyl (C=O) groups is 2. The van der Waals surface area contributed by atoms with E-state index in [9.17, 15) is 14.7 Å². The number of rotatable bonds is 3. The average Bonchev–Trinajstić information content (AvgIpc) is 2.97. The number of aryl methyl sites for hydroxylation is 1. The molecule has 0 unspecified atom stereocenters. The fourth-order valence-corrected chi connectivity index (χ4v) is 5.10. The molecule has 0 radical (unpaired) electrons. The Kier molecular flexibility index (Phi) is 4.60. The van der Waals surface area contributed by atoms with E-state index in [4.69, 9.17) is 0 Å². The summed E-state index contributed by atoms with van der Waals surface area (Å²) in [5.41, 5.74) is 1.82. The summed E-state index contributed by atoms with van der Waals surface area (Å²) < 4.78 is 0.762. The van der Waals surface area contributed by atoms with Gasteiger partial charge in [0.05, 0.1) is 18.2 Å². The van der Waals surface area contributed by atoms with Crippen LogP contribution in [0, 0.1) is 5.92 Å². The van der Waals surface area contributed by atoms with Gasteiger partial charge in [-0.05, 0) is 42.2 Å². The van der Waals surface area contributed by atoms with Gasteiger partial charge in [0.25, 0.3) is 5.91 Å². The van der Waals surface area contributed by atoms with Crippen molar-refractivity contribution in [3.8, 4) is 0 Å². The lowest BCUT2D eigenvalue weighted by Gasteiger charge is -2.34. The smallest absolute Gasteiger partial charge is 0.264 e. The lowest BCUT2D eigenvalue weighted by atomic mass is 9.71. The van der Waals surface area contributed by atoms with Crippen LogP contribution in [-0.4, -0.2) is 16.8 Å². The quantitative estimate of drug-likeness (QED) is 0.618. The SMILES string of the molecule is O=C1c2ccccc2CC[C@@H]1[C@]1(O)C(=O)N(Cc2ccccc2)c2ccc(Br)cc21. The Balaban J connectivity index is 1.61. The van der Waals surface area contributed by atoms with Crippen LogP contribution in [0.3, 0.4) is 0 Å². The highest BCUT2D eigenvalue weighted by molar-refractivity contribution is 9.10. The van der Waals surface area contributed by atoms with Crippen molar-refractivity contribution < 1.29 is 14.7 Å². The number of amides is 1. The summed E-state index contributed by atoms with van der Waals surface area (Å²) in [7, 11) is 0. The third kappa shape index (κ3) is 2.84. The molecule has 30 heavy (non-hydrogen) atoms. The van der Waals surface area contributed by atoms with Gasteiger partial charge in [0.1, 0.15) is 0 Å². The van der Waals surface area contributed by atoms with E-state index in [1.54, 1.807) is 17.0 Å². The molecule has 2 aliphatic rings. The van der Waals surface area contributed by atoms with Crippen LogP contribution in [0.15, 0.2) is 77.3 Å². The van der Waals surface area contributed by atoms with Crippen LogP contribution in [0.25, 0.3) is 0 Å². The van der Waals surface area contributed by atoms with Crippen LogP contribution in [0.5, 0.6) is 0 Å². The number of halogens is 1. The summed E-state index contributed by atoms with van der Waals surface area (Å²) in [6, 6.07) is 22.6. The van der Waals surface area contributed by atoms with Crippen LogP contribution in [0.4, 0.5) is 5.69 Å². The molecule has 2 atom stereocenters. The number of anilines is 1. The lowest BCUT2D eigenvalue weighted by Crippen LogP contribution is -2.49. The van der Waals surface area contributed by atoms with Crippen LogP contribution >= 0.6 is 15.9 Å². The van der Waals surface area contributed by atoms with Crippen molar-refractivity contribution in [1.29, 1.82) is 0 Å². The van der Waals surface area contributed by atoms with E-state index < -0.39 is 17.4 Å². The van der Waals surface area contributed by atoms with Crippen molar-refractivity contribution in [1.82, 2.24) is 0 Å². The molecule has 0 saturated carbocycles. The minimum Gasteiger partial charge on any atom is -0.375 e. The molecule has 1 amide bonds. The number of hydrogen-bond acceptors (Lipinski definition) is 3. The van der Waals surface area contributed by atoms with Gasteiger partial charge in [-0.3, -0.25) is 9.59 Å². The molecule has 1 heterocycles. The number of hydrogen-bond donors (Lipinski definition) is 1. The van der Waals surface area contributed by atoms with Gasteiger partial charge < -0.3 is 10.0 Å². The Morgan fingerprint density at radius 2 is 1.73 bits per heavy atom. The number of carbonyl (C=O) groups excluding carboxylic acids is 2. The van der Waals surface area contributed by atoms with Crippen LogP contribution in [-0.2, 0) is 23.4 Å². The standard InChI is InChI=1S/C25H20BrNO3/c26-18-11-13-22-21(14-18)25(30,24(29)27(22)15-16-6-2-1-3-7-16)20-12-10-17-8-4-5-9-19(17)23(20)28/h1-9,11,13-14,20,30H,10,12,15H2/t20-,25+/m0/s1. The van der Waals surface area contributed by atoms with Gasteiger partial charge in [0.2, 0.25) is 0 Å². The van der Waals surface area contributed by atoms with Gasteiger partial charge in [0, 0.05) is 15.6 Å². The number of Topliss-reactive ketones (excluding diaryl/α,β-unsaturated/α-hetero) is 1. The maximum absolute atomic E-state index is 13.7. The lowest BCUT2D eigenvalue weighted by molar-refractivity contribution is -0.140. The summed E-state index contributed by atoms with van der Waals surface area (Å²) in [6.07, 6.45) is 1.09. The zero-order valence-corrected chi connectivity index (χ0v) is 17.8. The molecule has 1 aliphatic heterocycles. The topological polar surface area (TPSA) is 57.6 Å². The molecule has 1 N–H and O–H groups in total. The van der Waals surface area contributed by atoms with Crippen molar-refractivity contribution in [3.05, 3.63) is 99.5 Å². The van der Waals surface area contributed by atoms with Crippen LogP contribution < -0.4 is 4.90 Å². The molecule has 150 valence electrons. The van der Waals surface area contributed by atoms with Gasteiger partial charge in [-0.15, -0.1) is 0 Å². The third-order valence-corrected chi connectivity index (χ3v) is 6.71. The summed E-state index contributed by atoms with van der Waals surface area (Å²) in [5.74, 6) is -1.41.